The van der Waals surface area contributed by atoms with E-state index < -0.39 is 97.5 Å². The van der Waals surface area contributed by atoms with E-state index in [1.807, 2.05) is 0 Å². The van der Waals surface area contributed by atoms with Crippen LogP contribution in [0.4, 0.5) is 0 Å². The molecule has 0 saturated heterocycles. The molecule has 0 radical (unpaired) electrons. The van der Waals surface area contributed by atoms with E-state index in [0.29, 0.717) is 31.6 Å². The second-order valence-corrected chi connectivity index (χ2v) is 26.8. The van der Waals surface area contributed by atoms with Crippen molar-refractivity contribution in [3.8, 4) is 0 Å². The molecule has 0 aliphatic heterocycles. The Bertz CT molecular complexity index is 1630. The minimum absolute atomic E-state index is 0.103. The van der Waals surface area contributed by atoms with Crippen LogP contribution in [-0.4, -0.2) is 96.7 Å². The molecule has 0 bridgehead atoms. The van der Waals surface area contributed by atoms with Crippen LogP contribution in [0, 0.1) is 11.8 Å². The highest BCUT2D eigenvalue weighted by Crippen LogP contribution is 2.45. The first kappa shape index (κ1) is 81.1. The molecule has 0 aromatic heterocycles. The van der Waals surface area contributed by atoms with E-state index in [2.05, 4.69) is 41.5 Å². The van der Waals surface area contributed by atoms with Gasteiger partial charge in [-0.1, -0.05) is 266 Å². The van der Waals surface area contributed by atoms with Gasteiger partial charge >= 0.3 is 39.5 Å². The topological polar surface area (TPSA) is 237 Å². The van der Waals surface area contributed by atoms with Crippen molar-refractivity contribution in [1.29, 1.82) is 0 Å². The maximum absolute atomic E-state index is 13.0. The van der Waals surface area contributed by atoms with Gasteiger partial charge in [0.1, 0.15) is 19.3 Å². The van der Waals surface area contributed by atoms with Gasteiger partial charge in [-0.15, -0.1) is 0 Å². The highest BCUT2D eigenvalue weighted by molar-refractivity contribution is 7.47. The Kier molecular flexibility index (Phi) is 55.2. The smallest absolute Gasteiger partial charge is 0.462 e. The van der Waals surface area contributed by atoms with Gasteiger partial charge in [-0.25, -0.2) is 9.13 Å². The van der Waals surface area contributed by atoms with E-state index in [4.69, 9.17) is 37.0 Å². The summed E-state index contributed by atoms with van der Waals surface area (Å²) < 4.78 is 67.9. The van der Waals surface area contributed by atoms with Crippen LogP contribution in [-0.2, 0) is 65.4 Å². The Morgan fingerprint density at radius 1 is 0.349 bits per heavy atom. The SMILES string of the molecule is CCCCCCCCCCCCCC(=O)OC[C@H](COP(=O)(O)OC[C@@H](O)COP(=O)(O)OC[C@@H](COC(=O)CCCCCCCCCC)OC(=O)CCCCCCCCCC(C)C)OC(=O)CCCCCCCCCCCCC(C)CC. The minimum atomic E-state index is -4.94. The molecular formula is C64H124O17P2. The number of hydrogen-bond acceptors (Lipinski definition) is 15. The fourth-order valence-electron chi connectivity index (χ4n) is 9.50. The van der Waals surface area contributed by atoms with Crippen LogP contribution in [0.3, 0.4) is 0 Å². The molecule has 0 aliphatic carbocycles. The van der Waals surface area contributed by atoms with E-state index in [1.54, 1.807) is 0 Å². The molecule has 0 fully saturated rings. The van der Waals surface area contributed by atoms with Gasteiger partial charge in [0.25, 0.3) is 0 Å². The zero-order chi connectivity index (χ0) is 61.5. The molecule has 3 unspecified atom stereocenters. The molecule has 19 heteroatoms. The Labute approximate surface area is 505 Å². The van der Waals surface area contributed by atoms with E-state index >= 15 is 0 Å². The first-order valence-corrected chi connectivity index (χ1v) is 36.5. The van der Waals surface area contributed by atoms with Crippen LogP contribution in [0.15, 0.2) is 0 Å². The highest BCUT2D eigenvalue weighted by atomic mass is 31.2. The summed E-state index contributed by atoms with van der Waals surface area (Å²) in [5.74, 6) is -0.638. The summed E-state index contributed by atoms with van der Waals surface area (Å²) in [5, 5.41) is 10.5. The van der Waals surface area contributed by atoms with Gasteiger partial charge in [0, 0.05) is 25.7 Å². The minimum Gasteiger partial charge on any atom is -0.462 e. The van der Waals surface area contributed by atoms with E-state index in [9.17, 15) is 43.2 Å². The summed E-state index contributed by atoms with van der Waals surface area (Å²) in [6.07, 6.45) is 38.9. The Hall–Kier alpha value is -1.94. The largest absolute Gasteiger partial charge is 0.472 e. The third-order valence-electron chi connectivity index (χ3n) is 15.1. The van der Waals surface area contributed by atoms with Crippen molar-refractivity contribution in [2.45, 2.75) is 336 Å². The van der Waals surface area contributed by atoms with Crippen LogP contribution < -0.4 is 0 Å². The lowest BCUT2D eigenvalue weighted by molar-refractivity contribution is -0.161. The number of esters is 4. The number of rotatable bonds is 63. The third-order valence-corrected chi connectivity index (χ3v) is 17.0. The highest BCUT2D eigenvalue weighted by Gasteiger charge is 2.30. The number of phosphoric acid groups is 2. The van der Waals surface area contributed by atoms with Crippen molar-refractivity contribution in [3.63, 3.8) is 0 Å². The van der Waals surface area contributed by atoms with Crippen molar-refractivity contribution in [2.75, 3.05) is 39.6 Å². The van der Waals surface area contributed by atoms with Crippen molar-refractivity contribution in [1.82, 2.24) is 0 Å². The Morgan fingerprint density at radius 3 is 0.916 bits per heavy atom. The number of ether oxygens (including phenoxy) is 4. The average molecular weight is 1230 g/mol. The molecule has 492 valence electrons. The zero-order valence-corrected chi connectivity index (χ0v) is 55.3. The second-order valence-electron chi connectivity index (χ2n) is 23.9. The summed E-state index contributed by atoms with van der Waals surface area (Å²) in [5.41, 5.74) is 0. The first-order chi connectivity index (χ1) is 39.9. The van der Waals surface area contributed by atoms with Gasteiger partial charge in [0.15, 0.2) is 12.2 Å². The van der Waals surface area contributed by atoms with Gasteiger partial charge in [-0.2, -0.15) is 0 Å². The summed E-state index contributed by atoms with van der Waals surface area (Å²) in [4.78, 5) is 72.1. The fraction of sp³-hybridized carbons (Fsp3) is 0.938. The van der Waals surface area contributed by atoms with Crippen LogP contribution in [0.5, 0.6) is 0 Å². The van der Waals surface area contributed by atoms with Crippen molar-refractivity contribution in [2.24, 2.45) is 11.8 Å². The number of aliphatic hydroxyl groups is 1. The van der Waals surface area contributed by atoms with Gasteiger partial charge in [0.2, 0.25) is 0 Å². The average Bonchev–Trinajstić information content (AvgIpc) is 3.46. The third kappa shape index (κ3) is 57.6. The number of unbranched alkanes of at least 4 members (excludes halogenated alkanes) is 32. The quantitative estimate of drug-likeness (QED) is 0.0222. The van der Waals surface area contributed by atoms with E-state index in [1.165, 1.54) is 128 Å². The maximum atomic E-state index is 13.0. The molecule has 0 amide bonds. The van der Waals surface area contributed by atoms with Crippen LogP contribution in [0.2, 0.25) is 0 Å². The molecule has 0 aromatic carbocycles. The molecule has 6 atom stereocenters. The number of carbonyl (C=O) groups excluding carboxylic acids is 4. The van der Waals surface area contributed by atoms with Gasteiger partial charge in [0.05, 0.1) is 26.4 Å². The van der Waals surface area contributed by atoms with Gasteiger partial charge in [-0.3, -0.25) is 37.3 Å². The maximum Gasteiger partial charge on any atom is 0.472 e. The molecule has 0 aromatic rings. The van der Waals surface area contributed by atoms with E-state index in [0.717, 1.165) is 102 Å². The lowest BCUT2D eigenvalue weighted by atomic mass is 9.99. The van der Waals surface area contributed by atoms with Crippen molar-refractivity contribution in [3.05, 3.63) is 0 Å². The number of carbonyl (C=O) groups is 4. The molecular weight excluding hydrogens is 1100 g/mol. The second kappa shape index (κ2) is 56.6. The lowest BCUT2D eigenvalue weighted by Crippen LogP contribution is -2.30. The summed E-state index contributed by atoms with van der Waals surface area (Å²) in [6.45, 7) is 9.43. The molecule has 0 spiro atoms. The van der Waals surface area contributed by atoms with Crippen molar-refractivity contribution < 1.29 is 80.2 Å². The fourth-order valence-corrected chi connectivity index (χ4v) is 11.1. The van der Waals surface area contributed by atoms with Crippen LogP contribution in [0.1, 0.15) is 318 Å². The number of hydrogen-bond donors (Lipinski definition) is 3. The zero-order valence-electron chi connectivity index (χ0n) is 53.5. The molecule has 3 N–H and O–H groups in total. The molecule has 83 heavy (non-hydrogen) atoms. The monoisotopic (exact) mass is 1230 g/mol. The number of phosphoric ester groups is 2. The summed E-state index contributed by atoms with van der Waals surface area (Å²) >= 11 is 0. The Morgan fingerprint density at radius 2 is 0.614 bits per heavy atom. The normalized spacial score (nSPS) is 14.6. The first-order valence-electron chi connectivity index (χ1n) is 33.5. The Balaban J connectivity index is 5.23. The molecule has 0 aliphatic rings. The van der Waals surface area contributed by atoms with E-state index in [-0.39, 0.29) is 25.7 Å². The standard InChI is InChI=1S/C64H124O17P2/c1-7-10-12-14-16-18-19-23-29-35-41-47-62(67)75-53-59(80-63(68)48-42-36-30-24-21-20-22-27-33-39-45-57(6)9-3)54-78-82(70,71)76-50-58(65)51-77-83(72,73)79-55-60(52-74-61(66)46-40-34-28-17-15-13-11-8-2)81-64(69)49-43-37-31-25-26-32-38-44-56(4)5/h56-60,65H,7-55H2,1-6H3,(H,70,71)(H,72,73)/t57?,58-,59-,60-/m1/s1. The number of aliphatic hydroxyl groups excluding tert-OH is 1. The van der Waals surface area contributed by atoms with Gasteiger partial charge < -0.3 is 33.8 Å². The summed E-state index contributed by atoms with van der Waals surface area (Å²) in [7, 11) is -9.88. The predicted octanol–water partition coefficient (Wildman–Crippen LogP) is 17.7. The molecule has 0 heterocycles. The van der Waals surface area contributed by atoms with Gasteiger partial charge in [-0.05, 0) is 37.5 Å². The van der Waals surface area contributed by atoms with Crippen molar-refractivity contribution >= 4 is 39.5 Å². The molecule has 0 saturated carbocycles. The van der Waals surface area contributed by atoms with Crippen LogP contribution in [0.25, 0.3) is 0 Å². The molecule has 17 nitrogen and oxygen atoms in total. The summed E-state index contributed by atoms with van der Waals surface area (Å²) in [6, 6.07) is 0. The lowest BCUT2D eigenvalue weighted by Gasteiger charge is -2.21. The molecule has 0 rings (SSSR count). The predicted molar refractivity (Wildman–Crippen MR) is 331 cm³/mol. The van der Waals surface area contributed by atoms with Crippen LogP contribution >= 0.6 is 15.6 Å².